The van der Waals surface area contributed by atoms with Gasteiger partial charge in [-0.25, -0.2) is 9.79 Å². The number of aliphatic imine (C=N–C) groups is 1. The quantitative estimate of drug-likeness (QED) is 0.626. The fraction of sp³-hybridized carbons (Fsp3) is 0.261. The number of rotatable bonds is 5. The lowest BCUT2D eigenvalue weighted by Gasteiger charge is -2.30. The Morgan fingerprint density at radius 3 is 2.73 bits per heavy atom. The zero-order valence-corrected chi connectivity index (χ0v) is 17.2. The van der Waals surface area contributed by atoms with Gasteiger partial charge in [-0.15, -0.1) is 0 Å². The van der Waals surface area contributed by atoms with Crippen molar-refractivity contribution in [3.63, 3.8) is 0 Å². The standard InChI is InChI=1S/C23H21N3O3S/c1-2-16-13-30-23-25-20(17-5-3-4-12-24-17)21(26(16)23)19-11-10-18(29-19)14-6-8-15(9-7-14)22(27)28/h3-12,16,20-21H,2,13H2,1H3,(H,27,28)/t16-,20-,21+/m0/s1. The summed E-state index contributed by atoms with van der Waals surface area (Å²) in [5.41, 5.74) is 2.04. The van der Waals surface area contributed by atoms with Crippen LogP contribution in [-0.4, -0.2) is 37.9 Å². The van der Waals surface area contributed by atoms with Gasteiger partial charge in [-0.05, 0) is 42.8 Å². The van der Waals surface area contributed by atoms with Gasteiger partial charge in [0.2, 0.25) is 0 Å². The molecule has 3 aromatic rings. The van der Waals surface area contributed by atoms with Gasteiger partial charge in [0.15, 0.2) is 5.17 Å². The highest BCUT2D eigenvalue weighted by Gasteiger charge is 2.46. The summed E-state index contributed by atoms with van der Waals surface area (Å²) >= 11 is 1.80. The molecule has 0 spiro atoms. The maximum Gasteiger partial charge on any atom is 0.335 e. The van der Waals surface area contributed by atoms with Crippen molar-refractivity contribution in [2.75, 3.05) is 5.75 Å². The molecule has 2 aliphatic heterocycles. The van der Waals surface area contributed by atoms with Crippen LogP contribution in [0, 0.1) is 0 Å². The Bertz CT molecular complexity index is 1090. The van der Waals surface area contributed by atoms with Crippen molar-refractivity contribution in [1.29, 1.82) is 0 Å². The lowest BCUT2D eigenvalue weighted by Crippen LogP contribution is -2.35. The van der Waals surface area contributed by atoms with E-state index in [-0.39, 0.29) is 17.6 Å². The van der Waals surface area contributed by atoms with E-state index in [1.54, 1.807) is 42.2 Å². The van der Waals surface area contributed by atoms with Gasteiger partial charge in [-0.3, -0.25) is 4.98 Å². The van der Waals surface area contributed by atoms with Crippen molar-refractivity contribution >= 4 is 22.9 Å². The molecule has 2 aromatic heterocycles. The number of nitrogens with zero attached hydrogens (tertiary/aromatic N) is 3. The smallest absolute Gasteiger partial charge is 0.335 e. The highest BCUT2D eigenvalue weighted by Crippen LogP contribution is 2.49. The minimum atomic E-state index is -0.937. The number of amidine groups is 1. The third-order valence-corrected chi connectivity index (χ3v) is 6.79. The maximum atomic E-state index is 11.1. The molecule has 0 unspecified atom stereocenters. The molecule has 0 bridgehead atoms. The molecule has 1 saturated heterocycles. The summed E-state index contributed by atoms with van der Waals surface area (Å²) in [6.45, 7) is 2.21. The molecule has 0 amide bonds. The van der Waals surface area contributed by atoms with Gasteiger partial charge in [-0.1, -0.05) is 36.9 Å². The van der Waals surface area contributed by atoms with Gasteiger partial charge < -0.3 is 14.4 Å². The Labute approximate surface area is 178 Å². The topological polar surface area (TPSA) is 78.9 Å². The zero-order chi connectivity index (χ0) is 20.7. The highest BCUT2D eigenvalue weighted by atomic mass is 32.2. The van der Waals surface area contributed by atoms with Crippen molar-refractivity contribution in [3.8, 4) is 11.3 Å². The van der Waals surface area contributed by atoms with Crippen LogP contribution in [0.1, 0.15) is 47.2 Å². The molecule has 1 aromatic carbocycles. The van der Waals surface area contributed by atoms with E-state index in [1.165, 1.54) is 0 Å². The minimum Gasteiger partial charge on any atom is -0.478 e. The largest absolute Gasteiger partial charge is 0.478 e. The fourth-order valence-electron chi connectivity index (χ4n) is 4.10. The van der Waals surface area contributed by atoms with Crippen molar-refractivity contribution < 1.29 is 14.3 Å². The summed E-state index contributed by atoms with van der Waals surface area (Å²) in [5.74, 6) is 1.66. The Morgan fingerprint density at radius 2 is 2.03 bits per heavy atom. The Morgan fingerprint density at radius 1 is 1.20 bits per heavy atom. The summed E-state index contributed by atoms with van der Waals surface area (Å²) in [6.07, 6.45) is 2.85. The number of thioether (sulfide) groups is 1. The van der Waals surface area contributed by atoms with Crippen LogP contribution in [-0.2, 0) is 0 Å². The van der Waals surface area contributed by atoms with Gasteiger partial charge in [0, 0.05) is 23.6 Å². The Balaban J connectivity index is 1.51. The minimum absolute atomic E-state index is 0.0399. The molecule has 1 N–H and O–H groups in total. The van der Waals surface area contributed by atoms with Gasteiger partial charge in [-0.2, -0.15) is 0 Å². The van der Waals surface area contributed by atoms with E-state index in [0.29, 0.717) is 6.04 Å². The fourth-order valence-corrected chi connectivity index (χ4v) is 5.44. The average Bonchev–Trinajstić information content (AvgIpc) is 3.49. The van der Waals surface area contributed by atoms with Crippen LogP contribution in [0.2, 0.25) is 0 Å². The first kappa shape index (κ1) is 18.9. The van der Waals surface area contributed by atoms with Crippen LogP contribution in [0.15, 0.2) is 70.2 Å². The molecule has 0 aliphatic carbocycles. The lowest BCUT2D eigenvalue weighted by atomic mass is 10.0. The van der Waals surface area contributed by atoms with Gasteiger partial charge in [0.05, 0.1) is 11.3 Å². The van der Waals surface area contributed by atoms with E-state index < -0.39 is 5.97 Å². The van der Waals surface area contributed by atoms with Crippen molar-refractivity contribution in [2.45, 2.75) is 31.5 Å². The second-order valence-electron chi connectivity index (χ2n) is 7.42. The van der Waals surface area contributed by atoms with E-state index in [1.807, 2.05) is 30.3 Å². The maximum absolute atomic E-state index is 11.1. The lowest BCUT2D eigenvalue weighted by molar-refractivity contribution is 0.0697. The predicted molar refractivity (Wildman–Crippen MR) is 117 cm³/mol. The first-order chi connectivity index (χ1) is 14.7. The van der Waals surface area contributed by atoms with Crippen LogP contribution in [0.25, 0.3) is 11.3 Å². The first-order valence-corrected chi connectivity index (χ1v) is 11.0. The number of aromatic nitrogens is 1. The van der Waals surface area contributed by atoms with Crippen LogP contribution >= 0.6 is 11.8 Å². The molecule has 0 radical (unpaired) electrons. The second kappa shape index (κ2) is 7.65. The molecule has 30 heavy (non-hydrogen) atoms. The van der Waals surface area contributed by atoms with E-state index in [4.69, 9.17) is 14.5 Å². The molecule has 2 aliphatic rings. The molecule has 7 heteroatoms. The monoisotopic (exact) mass is 419 g/mol. The number of hydrogen-bond acceptors (Lipinski definition) is 6. The third kappa shape index (κ3) is 3.19. The Kier molecular flexibility index (Phi) is 4.83. The number of hydrogen-bond donors (Lipinski definition) is 1. The molecule has 3 atom stereocenters. The molecular formula is C23H21N3O3S. The number of fused-ring (bicyclic) bond motifs is 1. The molecule has 152 valence electrons. The Hall–Kier alpha value is -3.06. The SMILES string of the molecule is CC[C@H]1CSC2=N[C@@H](c3ccccn3)[C@@H](c3ccc(-c4ccc(C(=O)O)cc4)o3)N21. The van der Waals surface area contributed by atoms with E-state index >= 15 is 0 Å². The molecule has 5 rings (SSSR count). The van der Waals surface area contributed by atoms with Gasteiger partial charge >= 0.3 is 5.97 Å². The van der Waals surface area contributed by atoms with E-state index in [9.17, 15) is 4.79 Å². The number of carboxylic acid groups (broad SMARTS) is 1. The molecule has 4 heterocycles. The van der Waals surface area contributed by atoms with Crippen LogP contribution < -0.4 is 0 Å². The summed E-state index contributed by atoms with van der Waals surface area (Å²) in [6, 6.07) is 16.9. The van der Waals surface area contributed by atoms with Crippen LogP contribution in [0.5, 0.6) is 0 Å². The number of furan rings is 1. The first-order valence-electron chi connectivity index (χ1n) is 9.99. The van der Waals surface area contributed by atoms with Gasteiger partial charge in [0.1, 0.15) is 23.6 Å². The van der Waals surface area contributed by atoms with Gasteiger partial charge in [0.25, 0.3) is 0 Å². The average molecular weight is 420 g/mol. The van der Waals surface area contributed by atoms with Crippen LogP contribution in [0.4, 0.5) is 0 Å². The van der Waals surface area contributed by atoms with E-state index in [0.717, 1.165) is 40.1 Å². The van der Waals surface area contributed by atoms with E-state index in [2.05, 4.69) is 16.8 Å². The third-order valence-electron chi connectivity index (χ3n) is 5.66. The summed E-state index contributed by atoms with van der Waals surface area (Å²) in [4.78, 5) is 23.1. The zero-order valence-electron chi connectivity index (χ0n) is 16.4. The summed E-state index contributed by atoms with van der Waals surface area (Å²) < 4.78 is 6.31. The molecular weight excluding hydrogens is 398 g/mol. The summed E-state index contributed by atoms with van der Waals surface area (Å²) in [7, 11) is 0. The summed E-state index contributed by atoms with van der Waals surface area (Å²) in [5, 5.41) is 10.2. The number of carboxylic acids is 1. The highest BCUT2D eigenvalue weighted by molar-refractivity contribution is 8.14. The molecule has 1 fully saturated rings. The number of aromatic carboxylic acids is 1. The number of benzene rings is 1. The predicted octanol–water partition coefficient (Wildman–Crippen LogP) is 5.02. The number of carbonyl (C=O) groups is 1. The number of pyridine rings is 1. The normalized spacial score (nSPS) is 22.8. The second-order valence-corrected chi connectivity index (χ2v) is 8.41. The van der Waals surface area contributed by atoms with Crippen LogP contribution in [0.3, 0.4) is 0 Å². The van der Waals surface area contributed by atoms with Crippen molar-refractivity contribution in [2.24, 2.45) is 4.99 Å². The molecule has 6 nitrogen and oxygen atoms in total. The van der Waals surface area contributed by atoms with Crippen molar-refractivity contribution in [3.05, 3.63) is 77.8 Å². The molecule has 0 saturated carbocycles. The van der Waals surface area contributed by atoms with Crippen molar-refractivity contribution in [1.82, 2.24) is 9.88 Å².